The highest BCUT2D eigenvalue weighted by molar-refractivity contribution is 5.92. The molecule has 1 amide bonds. The number of rotatable bonds is 5. The van der Waals surface area contributed by atoms with Gasteiger partial charge in [-0.2, -0.15) is 26.3 Å². The van der Waals surface area contributed by atoms with E-state index in [1.54, 1.807) is 6.07 Å². The molecule has 0 aliphatic heterocycles. The van der Waals surface area contributed by atoms with E-state index in [-0.39, 0.29) is 0 Å². The minimum atomic E-state index is -6.18. The molecule has 1 N–H and O–H groups in total. The van der Waals surface area contributed by atoms with Crippen molar-refractivity contribution in [2.45, 2.75) is 50.9 Å². The van der Waals surface area contributed by atoms with Crippen molar-refractivity contribution in [2.24, 2.45) is 0 Å². The third kappa shape index (κ3) is 5.88. The quantitative estimate of drug-likeness (QED) is 0.421. The number of nitrogens with one attached hydrogen (secondary N) is 1. The summed E-state index contributed by atoms with van der Waals surface area (Å²) in [5.74, 6) is -1.99. The number of carbonyl (C=O) groups excluding carboxylic acids is 2. The SMILES string of the molecule is C=C(C(=O)OCc1ccccc1)C(NC(=O)OC(C)(C)C)(C(F)(F)F)C(F)(F)F. The summed E-state index contributed by atoms with van der Waals surface area (Å²) < 4.78 is 90.5. The summed E-state index contributed by atoms with van der Waals surface area (Å²) in [5, 5.41) is 0.734. The molecule has 0 aliphatic carbocycles. The maximum atomic E-state index is 13.6. The molecule has 0 saturated carbocycles. The molecule has 11 heteroatoms. The molecule has 5 nitrogen and oxygen atoms in total. The van der Waals surface area contributed by atoms with Gasteiger partial charge in [0.15, 0.2) is 0 Å². The predicted octanol–water partition coefficient (Wildman–Crippen LogP) is 4.67. The highest BCUT2D eigenvalue weighted by atomic mass is 19.4. The van der Waals surface area contributed by atoms with Crippen molar-refractivity contribution < 1.29 is 45.4 Å². The van der Waals surface area contributed by atoms with Crippen LogP contribution in [0.1, 0.15) is 26.3 Å². The summed E-state index contributed by atoms with van der Waals surface area (Å²) in [5.41, 5.74) is -8.24. The lowest BCUT2D eigenvalue weighted by Crippen LogP contribution is -2.69. The standard InChI is InChI=1S/C18H19F6NO4/c1-11(13(26)28-10-12-8-6-5-7-9-12)16(17(19,20)21,18(22,23)24)25-14(27)29-15(2,3)4/h5-9H,1,10H2,2-4H3,(H,25,27). The van der Waals surface area contributed by atoms with E-state index >= 15 is 0 Å². The summed E-state index contributed by atoms with van der Waals surface area (Å²) >= 11 is 0. The van der Waals surface area contributed by atoms with Crippen LogP contribution in [0.25, 0.3) is 0 Å². The molecule has 1 aromatic rings. The smallest absolute Gasteiger partial charge is 0.425 e. The largest absolute Gasteiger partial charge is 0.457 e. The zero-order chi connectivity index (χ0) is 22.7. The van der Waals surface area contributed by atoms with E-state index in [0.717, 1.165) is 5.32 Å². The highest BCUT2D eigenvalue weighted by Gasteiger charge is 2.75. The van der Waals surface area contributed by atoms with Gasteiger partial charge >= 0.3 is 24.4 Å². The lowest BCUT2D eigenvalue weighted by molar-refractivity contribution is -0.292. The first-order chi connectivity index (χ1) is 13.0. The summed E-state index contributed by atoms with van der Waals surface area (Å²) in [4.78, 5) is 23.8. The van der Waals surface area contributed by atoms with Crippen LogP contribution >= 0.6 is 0 Å². The molecule has 0 fully saturated rings. The second-order valence-corrected chi connectivity index (χ2v) is 6.91. The first-order valence-corrected chi connectivity index (χ1v) is 8.06. The second kappa shape index (κ2) is 8.34. The number of alkyl halides is 6. The van der Waals surface area contributed by atoms with Crippen molar-refractivity contribution in [2.75, 3.05) is 0 Å². The number of esters is 1. The molecule has 1 rings (SSSR count). The van der Waals surface area contributed by atoms with Crippen LogP contribution in [-0.4, -0.2) is 35.6 Å². The predicted molar refractivity (Wildman–Crippen MR) is 89.6 cm³/mol. The molecule has 0 heterocycles. The monoisotopic (exact) mass is 427 g/mol. The maximum Gasteiger partial charge on any atom is 0.425 e. The number of alkyl carbamates (subject to hydrolysis) is 1. The van der Waals surface area contributed by atoms with Crippen LogP contribution in [0.4, 0.5) is 31.1 Å². The molecule has 0 bridgehead atoms. The van der Waals surface area contributed by atoms with Crippen molar-refractivity contribution in [1.82, 2.24) is 5.32 Å². The molecular weight excluding hydrogens is 408 g/mol. The highest BCUT2D eigenvalue weighted by Crippen LogP contribution is 2.47. The molecule has 0 saturated heterocycles. The second-order valence-electron chi connectivity index (χ2n) is 6.91. The van der Waals surface area contributed by atoms with Gasteiger partial charge in [-0.25, -0.2) is 9.59 Å². The van der Waals surface area contributed by atoms with Crippen molar-refractivity contribution in [1.29, 1.82) is 0 Å². The molecular formula is C18H19F6NO4. The van der Waals surface area contributed by atoms with Gasteiger partial charge in [-0.3, -0.25) is 5.32 Å². The van der Waals surface area contributed by atoms with Gasteiger partial charge in [-0.05, 0) is 26.3 Å². The van der Waals surface area contributed by atoms with Gasteiger partial charge in [0.05, 0.1) is 5.57 Å². The lowest BCUT2D eigenvalue weighted by atomic mass is 9.88. The Morgan fingerprint density at radius 2 is 1.45 bits per heavy atom. The minimum absolute atomic E-state index is 0.318. The van der Waals surface area contributed by atoms with Crippen molar-refractivity contribution in [3.63, 3.8) is 0 Å². The molecule has 29 heavy (non-hydrogen) atoms. The van der Waals surface area contributed by atoms with Crippen LogP contribution in [-0.2, 0) is 20.9 Å². The zero-order valence-corrected chi connectivity index (χ0v) is 15.7. The van der Waals surface area contributed by atoms with Crippen molar-refractivity contribution >= 4 is 12.1 Å². The van der Waals surface area contributed by atoms with Gasteiger partial charge in [0.25, 0.3) is 5.54 Å². The van der Waals surface area contributed by atoms with E-state index in [1.807, 2.05) is 0 Å². The van der Waals surface area contributed by atoms with Crippen LogP contribution in [0, 0.1) is 0 Å². The van der Waals surface area contributed by atoms with E-state index in [4.69, 9.17) is 0 Å². The minimum Gasteiger partial charge on any atom is -0.457 e. The van der Waals surface area contributed by atoms with E-state index < -0.39 is 47.7 Å². The molecule has 0 spiro atoms. The van der Waals surface area contributed by atoms with Crippen LogP contribution in [0.2, 0.25) is 0 Å². The molecule has 0 unspecified atom stereocenters. The topological polar surface area (TPSA) is 64.6 Å². The van der Waals surface area contributed by atoms with Gasteiger partial charge < -0.3 is 9.47 Å². The van der Waals surface area contributed by atoms with Gasteiger partial charge in [0.2, 0.25) is 0 Å². The van der Waals surface area contributed by atoms with Crippen LogP contribution in [0.5, 0.6) is 0 Å². The molecule has 0 radical (unpaired) electrons. The molecule has 0 aliphatic rings. The van der Waals surface area contributed by atoms with E-state index in [2.05, 4.69) is 16.1 Å². The zero-order valence-electron chi connectivity index (χ0n) is 15.7. The Morgan fingerprint density at radius 3 is 1.86 bits per heavy atom. The fourth-order valence-corrected chi connectivity index (χ4v) is 2.14. The number of hydrogen-bond donors (Lipinski definition) is 1. The molecule has 1 aromatic carbocycles. The number of ether oxygens (including phenoxy) is 2. The lowest BCUT2D eigenvalue weighted by Gasteiger charge is -2.38. The number of benzene rings is 1. The first kappa shape index (κ1) is 24.3. The van der Waals surface area contributed by atoms with Crippen molar-refractivity contribution in [3.8, 4) is 0 Å². The van der Waals surface area contributed by atoms with Gasteiger partial charge in [-0.1, -0.05) is 36.9 Å². The summed E-state index contributed by atoms with van der Waals surface area (Å²) in [6.07, 6.45) is -14.4. The molecule has 162 valence electrons. The Labute approximate surface area is 162 Å². The van der Waals surface area contributed by atoms with Gasteiger partial charge in [-0.15, -0.1) is 0 Å². The number of halogens is 6. The van der Waals surface area contributed by atoms with Crippen molar-refractivity contribution in [3.05, 3.63) is 48.0 Å². The van der Waals surface area contributed by atoms with Crippen LogP contribution in [0.15, 0.2) is 42.5 Å². The molecule has 0 aromatic heterocycles. The fraction of sp³-hybridized carbons (Fsp3) is 0.444. The fourth-order valence-electron chi connectivity index (χ4n) is 2.14. The normalized spacial score (nSPS) is 12.9. The van der Waals surface area contributed by atoms with Crippen LogP contribution in [0.3, 0.4) is 0 Å². The van der Waals surface area contributed by atoms with E-state index in [1.165, 1.54) is 45.0 Å². The van der Waals surface area contributed by atoms with E-state index in [0.29, 0.717) is 5.56 Å². The number of hydrogen-bond acceptors (Lipinski definition) is 4. The summed E-state index contributed by atoms with van der Waals surface area (Å²) in [7, 11) is 0. The van der Waals surface area contributed by atoms with Gasteiger partial charge in [0.1, 0.15) is 12.2 Å². The van der Waals surface area contributed by atoms with E-state index in [9.17, 15) is 35.9 Å². The van der Waals surface area contributed by atoms with Crippen LogP contribution < -0.4 is 5.32 Å². The Hall–Kier alpha value is -2.72. The average molecular weight is 427 g/mol. The third-order valence-electron chi connectivity index (χ3n) is 3.45. The Bertz CT molecular complexity index is 736. The maximum absolute atomic E-state index is 13.6. The summed E-state index contributed by atoms with van der Waals surface area (Å²) in [6, 6.07) is 7.54. The Kier molecular flexibility index (Phi) is 6.99. The Balaban J connectivity index is 3.26. The number of amides is 1. The first-order valence-electron chi connectivity index (χ1n) is 8.06. The third-order valence-corrected chi connectivity index (χ3v) is 3.45. The summed E-state index contributed by atoms with van der Waals surface area (Å²) in [6.45, 7) is 5.74. The average Bonchev–Trinajstić information content (AvgIpc) is 2.54. The van der Waals surface area contributed by atoms with Gasteiger partial charge in [0, 0.05) is 0 Å². The number of carbonyl (C=O) groups is 2. The molecule has 0 atom stereocenters. The Morgan fingerprint density at radius 1 is 0.966 bits per heavy atom.